The van der Waals surface area contributed by atoms with E-state index < -0.39 is 0 Å². The molecule has 6 heteroatoms. The first kappa shape index (κ1) is 42.3. The molecule has 0 atom stereocenters. The van der Waals surface area contributed by atoms with Crippen molar-refractivity contribution in [3.63, 3.8) is 0 Å². The van der Waals surface area contributed by atoms with E-state index in [2.05, 4.69) is 221 Å². The SMILES string of the molecule is Cc1cc(C)c(-c2ccc3c4ccc(-c5cccc6c5nc(-c5ccc(-c7ccccc7)c7c5[n-]c5ccc(C(C)(C)C)cc57)n6-c5ccccc5)[c-]c4n(-c4ccccn4)c3c2)c(C)c1.[Pt+2]. The van der Waals surface area contributed by atoms with Gasteiger partial charge in [0.05, 0.1) is 11.0 Å². The normalized spacial score (nSPS) is 11.9. The van der Waals surface area contributed by atoms with Gasteiger partial charge in [0.1, 0.15) is 11.6 Å². The van der Waals surface area contributed by atoms with E-state index in [1.807, 2.05) is 12.3 Å². The Morgan fingerprint density at radius 2 is 1.30 bits per heavy atom. The van der Waals surface area contributed by atoms with Crippen molar-refractivity contribution in [1.82, 2.24) is 24.1 Å². The minimum absolute atomic E-state index is 0. The summed E-state index contributed by atoms with van der Waals surface area (Å²) >= 11 is 0. The van der Waals surface area contributed by atoms with E-state index in [-0.39, 0.29) is 26.5 Å². The second kappa shape index (κ2) is 16.2. The molecule has 0 saturated heterocycles. The number of para-hydroxylation sites is 2. The van der Waals surface area contributed by atoms with E-state index in [0.717, 1.165) is 99.8 Å². The number of fused-ring (bicyclic) bond motifs is 7. The summed E-state index contributed by atoms with van der Waals surface area (Å²) in [5.41, 5.74) is 19.7. The number of aromatic nitrogens is 5. The molecule has 4 aromatic heterocycles. The van der Waals surface area contributed by atoms with E-state index in [1.54, 1.807) is 0 Å². The van der Waals surface area contributed by atoms with Gasteiger partial charge in [-0.15, -0.1) is 34.8 Å². The zero-order valence-corrected chi connectivity index (χ0v) is 40.6. The van der Waals surface area contributed by atoms with Crippen molar-refractivity contribution in [2.45, 2.75) is 47.0 Å². The number of nitrogens with zero attached hydrogens (tertiary/aromatic N) is 5. The molecular weight excluding hydrogens is 998 g/mol. The molecule has 326 valence electrons. The Hall–Kier alpha value is -7.33. The Bertz CT molecular complexity index is 3850. The fourth-order valence-electron chi connectivity index (χ4n) is 10.4. The third kappa shape index (κ3) is 6.95. The third-order valence-electron chi connectivity index (χ3n) is 13.4. The van der Waals surface area contributed by atoms with Crippen LogP contribution < -0.4 is 4.98 Å². The van der Waals surface area contributed by atoms with E-state index in [4.69, 9.17) is 15.0 Å². The van der Waals surface area contributed by atoms with Gasteiger partial charge in [-0.3, -0.25) is 4.57 Å². The molecule has 0 aliphatic rings. The van der Waals surface area contributed by atoms with Gasteiger partial charge >= 0.3 is 21.1 Å². The van der Waals surface area contributed by atoms with Crippen LogP contribution in [0.25, 0.3) is 111 Å². The quantitative estimate of drug-likeness (QED) is 0.156. The van der Waals surface area contributed by atoms with Gasteiger partial charge < -0.3 is 9.55 Å². The summed E-state index contributed by atoms with van der Waals surface area (Å²) in [7, 11) is 0. The standard InChI is InChI=1S/C61H47N5.Pt/c1-37-32-38(2)56(39(3)33-37)42-24-27-48-47-26-23-41(34-53(47)66(54(48)35-42)55-22-13-14-31-62-55)46-20-15-21-52-58(46)64-60(65(52)44-18-11-8-12-19-44)49-29-28-45(40-16-9-7-10-17-40)57-50-36-43(61(4,5)6)25-30-51(50)63-59(49)57;/h7-33,35-36H,1-6H3;/q-2;+2. The van der Waals surface area contributed by atoms with Crippen molar-refractivity contribution < 1.29 is 21.1 Å². The van der Waals surface area contributed by atoms with Crippen LogP contribution in [0.4, 0.5) is 0 Å². The molecule has 0 spiro atoms. The molecule has 12 aromatic rings. The molecule has 0 saturated carbocycles. The van der Waals surface area contributed by atoms with Crippen LogP contribution in [0.5, 0.6) is 0 Å². The fourth-order valence-corrected chi connectivity index (χ4v) is 10.4. The zero-order chi connectivity index (χ0) is 44.8. The van der Waals surface area contributed by atoms with Crippen LogP contribution in [0.1, 0.15) is 43.0 Å². The van der Waals surface area contributed by atoms with Crippen molar-refractivity contribution in [2.24, 2.45) is 0 Å². The van der Waals surface area contributed by atoms with Crippen molar-refractivity contribution in [2.75, 3.05) is 0 Å². The number of rotatable bonds is 6. The van der Waals surface area contributed by atoms with Crippen LogP contribution >= 0.6 is 0 Å². The summed E-state index contributed by atoms with van der Waals surface area (Å²) in [6.45, 7) is 13.4. The number of hydrogen-bond donors (Lipinski definition) is 0. The first-order chi connectivity index (χ1) is 32.1. The van der Waals surface area contributed by atoms with Crippen LogP contribution in [-0.2, 0) is 26.5 Å². The van der Waals surface area contributed by atoms with Crippen LogP contribution in [0, 0.1) is 26.8 Å². The maximum atomic E-state index is 5.67. The molecule has 0 amide bonds. The Morgan fingerprint density at radius 1 is 0.567 bits per heavy atom. The van der Waals surface area contributed by atoms with Crippen LogP contribution in [-0.4, -0.2) is 19.1 Å². The van der Waals surface area contributed by atoms with Gasteiger partial charge in [-0.2, -0.15) is 0 Å². The molecule has 4 heterocycles. The third-order valence-corrected chi connectivity index (χ3v) is 13.4. The van der Waals surface area contributed by atoms with Gasteiger partial charge in [0.2, 0.25) is 0 Å². The summed E-state index contributed by atoms with van der Waals surface area (Å²) in [6.07, 6.45) is 1.87. The molecule has 5 nitrogen and oxygen atoms in total. The van der Waals surface area contributed by atoms with Gasteiger partial charge in [-0.05, 0) is 123 Å². The summed E-state index contributed by atoms with van der Waals surface area (Å²) in [5, 5.41) is 4.58. The molecule has 0 aliphatic heterocycles. The largest absolute Gasteiger partial charge is 2.00 e. The van der Waals surface area contributed by atoms with Gasteiger partial charge in [-0.25, -0.2) is 9.97 Å². The average Bonchev–Trinajstić information content (AvgIpc) is 4.01. The Kier molecular flexibility index (Phi) is 10.2. The van der Waals surface area contributed by atoms with Crippen LogP contribution in [0.3, 0.4) is 0 Å². The molecule has 0 radical (unpaired) electrons. The zero-order valence-electron chi connectivity index (χ0n) is 38.3. The smallest absolute Gasteiger partial charge is 0.656 e. The molecule has 8 aromatic carbocycles. The fraction of sp³-hybridized carbons (Fsp3) is 0.115. The predicted octanol–water partition coefficient (Wildman–Crippen LogP) is 15.5. The molecule has 0 unspecified atom stereocenters. The van der Waals surface area contributed by atoms with Crippen LogP contribution in [0.15, 0.2) is 176 Å². The predicted molar refractivity (Wildman–Crippen MR) is 275 cm³/mol. The van der Waals surface area contributed by atoms with Crippen molar-refractivity contribution in [3.8, 4) is 56.3 Å². The number of aryl methyl sites for hydroxylation is 3. The van der Waals surface area contributed by atoms with E-state index >= 15 is 0 Å². The van der Waals surface area contributed by atoms with Gasteiger partial charge in [0.15, 0.2) is 0 Å². The van der Waals surface area contributed by atoms with E-state index in [9.17, 15) is 0 Å². The van der Waals surface area contributed by atoms with Crippen LogP contribution in [0.2, 0.25) is 0 Å². The van der Waals surface area contributed by atoms with Gasteiger partial charge in [0, 0.05) is 23.0 Å². The van der Waals surface area contributed by atoms with Crippen molar-refractivity contribution in [1.29, 1.82) is 0 Å². The summed E-state index contributed by atoms with van der Waals surface area (Å²) in [5.74, 6) is 1.69. The maximum Gasteiger partial charge on any atom is 2.00 e. The Morgan fingerprint density at radius 3 is 2.04 bits per heavy atom. The van der Waals surface area contributed by atoms with Gasteiger partial charge in [-0.1, -0.05) is 159 Å². The van der Waals surface area contributed by atoms with E-state index in [1.165, 1.54) is 33.4 Å². The monoisotopic (exact) mass is 1040 g/mol. The van der Waals surface area contributed by atoms with Crippen molar-refractivity contribution in [3.05, 3.63) is 204 Å². The number of pyridine rings is 1. The maximum absolute atomic E-state index is 5.67. The minimum Gasteiger partial charge on any atom is -0.656 e. The second-order valence-corrected chi connectivity index (χ2v) is 18.8. The van der Waals surface area contributed by atoms with Crippen molar-refractivity contribution >= 4 is 54.6 Å². The van der Waals surface area contributed by atoms with Gasteiger partial charge in [0.25, 0.3) is 0 Å². The molecule has 0 N–H and O–H groups in total. The molecule has 0 aliphatic carbocycles. The summed E-state index contributed by atoms with van der Waals surface area (Å²) in [6, 6.07) is 64.9. The molecule has 12 rings (SSSR count). The van der Waals surface area contributed by atoms with E-state index in [0.29, 0.717) is 0 Å². The minimum atomic E-state index is -0.0192. The molecule has 0 fully saturated rings. The number of benzene rings is 8. The number of imidazole rings is 1. The molecule has 67 heavy (non-hydrogen) atoms. The molecular formula is C61H47N5Pt. The molecule has 0 bridgehead atoms. The summed E-state index contributed by atoms with van der Waals surface area (Å²) in [4.78, 5) is 16.0. The first-order valence-corrected chi connectivity index (χ1v) is 22.8. The summed E-state index contributed by atoms with van der Waals surface area (Å²) < 4.78 is 4.57. The Labute approximate surface area is 405 Å². The average molecular weight is 1050 g/mol. The Balaban J connectivity index is 0.00000494. The second-order valence-electron chi connectivity index (χ2n) is 18.8. The topological polar surface area (TPSA) is 49.7 Å². The number of hydrogen-bond acceptors (Lipinski definition) is 2. The first-order valence-electron chi connectivity index (χ1n) is 22.8.